The Bertz CT molecular complexity index is 1390. The van der Waals surface area contributed by atoms with Crippen LogP contribution in [0.15, 0.2) is 113 Å². The maximum Gasteiger partial charge on any atom is 0.415 e. The highest BCUT2D eigenvalue weighted by Crippen LogP contribution is 2.36. The summed E-state index contributed by atoms with van der Waals surface area (Å²) in [5.41, 5.74) is 1.94. The number of aryl methyl sites for hydroxylation is 1. The molecule has 38 heavy (non-hydrogen) atoms. The first-order chi connectivity index (χ1) is 18.6. The minimum atomic E-state index is -0.838. The zero-order valence-electron chi connectivity index (χ0n) is 20.8. The van der Waals surface area contributed by atoms with Crippen molar-refractivity contribution in [2.75, 3.05) is 18.1 Å². The number of rotatable bonds is 10. The summed E-state index contributed by atoms with van der Waals surface area (Å²) in [6.07, 6.45) is 0.655. The molecule has 0 radical (unpaired) electrons. The first kappa shape index (κ1) is 26.2. The van der Waals surface area contributed by atoms with E-state index in [-0.39, 0.29) is 13.2 Å². The number of nitrogens with zero attached hydrogens (tertiary/aromatic N) is 1. The minimum absolute atomic E-state index is 0.130. The monoisotopic (exact) mass is 545 g/mol. The van der Waals surface area contributed by atoms with Gasteiger partial charge < -0.3 is 14.6 Å². The number of ether oxygens (including phenoxy) is 2. The molecule has 4 aromatic rings. The highest BCUT2D eigenvalue weighted by atomic mass is 35.5. The lowest BCUT2D eigenvalue weighted by Crippen LogP contribution is -2.51. The van der Waals surface area contributed by atoms with Crippen LogP contribution in [0.5, 0.6) is 5.75 Å². The van der Waals surface area contributed by atoms with Crippen molar-refractivity contribution in [3.8, 4) is 5.75 Å². The Morgan fingerprint density at radius 3 is 2.39 bits per heavy atom. The number of para-hydroxylation sites is 1. The summed E-state index contributed by atoms with van der Waals surface area (Å²) < 4.78 is 11.3. The largest absolute Gasteiger partial charge is 0.489 e. The first-order valence-electron chi connectivity index (χ1n) is 12.4. The molecule has 1 aliphatic heterocycles. The van der Waals surface area contributed by atoms with Crippen LogP contribution < -0.4 is 9.64 Å². The van der Waals surface area contributed by atoms with Gasteiger partial charge in [-0.15, -0.1) is 0 Å². The number of benzene rings is 4. The summed E-state index contributed by atoms with van der Waals surface area (Å²) in [6, 6.07) is 33.4. The van der Waals surface area contributed by atoms with Gasteiger partial charge in [0, 0.05) is 20.5 Å². The summed E-state index contributed by atoms with van der Waals surface area (Å²) in [5.74, 6) is 0.812. The number of hydrogen-bond donors (Lipinski definition) is 1. The third-order valence-corrected chi connectivity index (χ3v) is 7.93. The quantitative estimate of drug-likeness (QED) is 0.225. The van der Waals surface area contributed by atoms with E-state index in [2.05, 4.69) is 0 Å². The van der Waals surface area contributed by atoms with Crippen LogP contribution in [0.2, 0.25) is 5.02 Å². The number of aliphatic hydroxyl groups is 1. The number of anilines is 1. The number of carbonyl (C=O) groups is 1. The summed E-state index contributed by atoms with van der Waals surface area (Å²) in [5, 5.41) is 11.0. The topological polar surface area (TPSA) is 59.0 Å². The fraction of sp³-hybridized carbons (Fsp3) is 0.194. The van der Waals surface area contributed by atoms with Crippen LogP contribution in [0.25, 0.3) is 0 Å². The Balaban J connectivity index is 1.24. The summed E-state index contributed by atoms with van der Waals surface area (Å²) >= 11 is 8.30. The van der Waals surface area contributed by atoms with Crippen molar-refractivity contribution in [1.29, 1.82) is 0 Å². The molecule has 1 heterocycles. The van der Waals surface area contributed by atoms with E-state index < -0.39 is 11.6 Å². The predicted molar refractivity (Wildman–Crippen MR) is 151 cm³/mol. The normalized spacial score (nSPS) is 16.9. The zero-order chi connectivity index (χ0) is 26.4. The van der Waals surface area contributed by atoms with Crippen LogP contribution in [0.3, 0.4) is 0 Å². The Labute approximate surface area is 232 Å². The van der Waals surface area contributed by atoms with Gasteiger partial charge in [-0.3, -0.25) is 4.90 Å². The Morgan fingerprint density at radius 1 is 0.921 bits per heavy atom. The number of aliphatic hydroxyl groups excluding tert-OH is 1. The Kier molecular flexibility index (Phi) is 8.23. The molecular formula is C31H28ClNO4S. The lowest BCUT2D eigenvalue weighted by Gasteiger charge is -2.34. The van der Waals surface area contributed by atoms with E-state index in [9.17, 15) is 9.90 Å². The van der Waals surface area contributed by atoms with Gasteiger partial charge in [-0.05, 0) is 66.4 Å². The minimum Gasteiger partial charge on any atom is -0.489 e. The molecule has 0 aliphatic carbocycles. The van der Waals surface area contributed by atoms with Crippen molar-refractivity contribution < 1.29 is 19.4 Å². The molecule has 194 valence electrons. The average molecular weight is 546 g/mol. The van der Waals surface area contributed by atoms with Crippen LogP contribution in [-0.2, 0) is 17.8 Å². The van der Waals surface area contributed by atoms with E-state index in [0.717, 1.165) is 26.7 Å². The lowest BCUT2D eigenvalue weighted by molar-refractivity contribution is 0.144. The Morgan fingerprint density at radius 2 is 1.66 bits per heavy atom. The SMILES string of the molecule is O=C1OCC(CO)(CCc2ccc(Sc3cccc(OCc4ccccc4)c3)cc2Cl)N1c1ccccc1. The van der Waals surface area contributed by atoms with Gasteiger partial charge in [0.2, 0.25) is 0 Å². The Hall–Kier alpha value is -3.45. The molecule has 1 fully saturated rings. The fourth-order valence-corrected chi connectivity index (χ4v) is 5.77. The highest BCUT2D eigenvalue weighted by molar-refractivity contribution is 7.99. The van der Waals surface area contributed by atoms with Gasteiger partial charge in [0.1, 0.15) is 24.5 Å². The van der Waals surface area contributed by atoms with Crippen molar-refractivity contribution in [2.45, 2.75) is 34.8 Å². The molecule has 1 amide bonds. The fourth-order valence-electron chi connectivity index (χ4n) is 4.52. The maximum atomic E-state index is 12.5. The van der Waals surface area contributed by atoms with Crippen LogP contribution in [0.4, 0.5) is 10.5 Å². The average Bonchev–Trinajstić information content (AvgIpc) is 3.29. The summed E-state index contributed by atoms with van der Waals surface area (Å²) in [7, 11) is 0. The number of carbonyl (C=O) groups excluding carboxylic acids is 1. The van der Waals surface area contributed by atoms with Gasteiger partial charge in [-0.25, -0.2) is 4.79 Å². The maximum absolute atomic E-state index is 12.5. The van der Waals surface area contributed by atoms with Crippen LogP contribution in [0, 0.1) is 0 Å². The predicted octanol–water partition coefficient (Wildman–Crippen LogP) is 7.39. The van der Waals surface area contributed by atoms with Crippen LogP contribution >= 0.6 is 23.4 Å². The second-order valence-electron chi connectivity index (χ2n) is 9.21. The molecular weight excluding hydrogens is 518 g/mol. The van der Waals surface area contributed by atoms with Gasteiger partial charge in [0.05, 0.1) is 6.61 Å². The van der Waals surface area contributed by atoms with Gasteiger partial charge in [0.15, 0.2) is 0 Å². The van der Waals surface area contributed by atoms with E-state index in [1.54, 1.807) is 16.7 Å². The smallest absolute Gasteiger partial charge is 0.415 e. The van der Waals surface area contributed by atoms with Crippen molar-refractivity contribution in [1.82, 2.24) is 0 Å². The molecule has 5 nitrogen and oxygen atoms in total. The van der Waals surface area contributed by atoms with Crippen LogP contribution in [0.1, 0.15) is 17.5 Å². The molecule has 1 saturated heterocycles. The molecule has 1 unspecified atom stereocenters. The second-order valence-corrected chi connectivity index (χ2v) is 10.8. The molecule has 4 aromatic carbocycles. The lowest BCUT2D eigenvalue weighted by atomic mass is 9.91. The number of amides is 1. The van der Waals surface area contributed by atoms with Gasteiger partial charge in [-0.2, -0.15) is 0 Å². The van der Waals surface area contributed by atoms with Gasteiger partial charge >= 0.3 is 6.09 Å². The molecule has 0 saturated carbocycles. The van der Waals surface area contributed by atoms with E-state index in [4.69, 9.17) is 21.1 Å². The standard InChI is InChI=1S/C31H28ClNO4S/c32-29-19-28(38-27-13-7-12-26(18-27)36-20-23-8-3-1-4-9-23)15-14-24(29)16-17-31(21-34)22-37-30(35)33(31)25-10-5-2-6-11-25/h1-15,18-19,34H,16-17,20-22H2. The van der Waals surface area contributed by atoms with Crippen molar-refractivity contribution in [2.24, 2.45) is 0 Å². The van der Waals surface area contributed by atoms with Crippen LogP contribution in [-0.4, -0.2) is 30.0 Å². The molecule has 1 atom stereocenters. The second kappa shape index (κ2) is 11.9. The van der Waals surface area contributed by atoms with Crippen molar-refractivity contribution in [3.05, 3.63) is 119 Å². The summed E-state index contributed by atoms with van der Waals surface area (Å²) in [4.78, 5) is 16.2. The summed E-state index contributed by atoms with van der Waals surface area (Å²) in [6.45, 7) is 0.441. The molecule has 5 rings (SSSR count). The van der Waals surface area contributed by atoms with E-state index in [1.807, 2.05) is 103 Å². The van der Waals surface area contributed by atoms with E-state index in [1.165, 1.54) is 0 Å². The van der Waals surface area contributed by atoms with Crippen molar-refractivity contribution in [3.63, 3.8) is 0 Å². The van der Waals surface area contributed by atoms with Gasteiger partial charge in [0.25, 0.3) is 0 Å². The first-order valence-corrected chi connectivity index (χ1v) is 13.6. The molecule has 0 spiro atoms. The van der Waals surface area contributed by atoms with E-state index in [0.29, 0.717) is 30.2 Å². The molecule has 1 aliphatic rings. The van der Waals surface area contributed by atoms with E-state index >= 15 is 0 Å². The van der Waals surface area contributed by atoms with Crippen molar-refractivity contribution >= 4 is 35.1 Å². The molecule has 7 heteroatoms. The molecule has 1 N–H and O–H groups in total. The molecule has 0 bridgehead atoms. The number of hydrogen-bond acceptors (Lipinski definition) is 5. The third kappa shape index (κ3) is 5.99. The third-order valence-electron chi connectivity index (χ3n) is 6.60. The zero-order valence-corrected chi connectivity index (χ0v) is 22.3. The number of cyclic esters (lactones) is 1. The molecule has 0 aromatic heterocycles. The highest BCUT2D eigenvalue weighted by Gasteiger charge is 2.47. The number of halogens is 1. The van der Waals surface area contributed by atoms with Gasteiger partial charge in [-0.1, -0.05) is 84.0 Å².